The van der Waals surface area contributed by atoms with Crippen molar-refractivity contribution in [1.29, 1.82) is 0 Å². The van der Waals surface area contributed by atoms with Crippen LogP contribution in [0.2, 0.25) is 10.0 Å². The first-order valence-electron chi connectivity index (χ1n) is 7.70. The van der Waals surface area contributed by atoms with E-state index < -0.39 is 0 Å². The predicted molar refractivity (Wildman–Crippen MR) is 99.7 cm³/mol. The summed E-state index contributed by atoms with van der Waals surface area (Å²) in [5.74, 6) is 0.693. The summed E-state index contributed by atoms with van der Waals surface area (Å²) >= 11 is 12.3. The molecule has 0 atom stereocenters. The minimum atomic E-state index is -0.0907. The Morgan fingerprint density at radius 3 is 2.83 bits per heavy atom. The fraction of sp³-hybridized carbons (Fsp3) is 0.158. The van der Waals surface area contributed by atoms with Crippen LogP contribution in [0.4, 0.5) is 0 Å². The van der Waals surface area contributed by atoms with Crippen molar-refractivity contribution in [3.05, 3.63) is 73.7 Å². The largest absolute Gasteiger partial charge is 0.292 e. The summed E-state index contributed by atoms with van der Waals surface area (Å²) in [5, 5.41) is 1.31. The molecule has 0 amide bonds. The van der Waals surface area contributed by atoms with Crippen molar-refractivity contribution in [2.24, 2.45) is 0 Å². The summed E-state index contributed by atoms with van der Waals surface area (Å²) in [6.07, 6.45) is 2.87. The third-order valence-electron chi connectivity index (χ3n) is 4.25. The highest BCUT2D eigenvalue weighted by molar-refractivity contribution is 6.38. The van der Waals surface area contributed by atoms with Gasteiger partial charge in [-0.15, -0.1) is 0 Å². The molecular weight excluding hydrogens is 343 g/mol. The Hall–Kier alpha value is -2.10. The Balaban J connectivity index is 1.94. The molecule has 0 radical (unpaired) electrons. The first kappa shape index (κ1) is 15.4. The van der Waals surface area contributed by atoms with Gasteiger partial charge in [-0.05, 0) is 42.7 Å². The number of nitrogens with zero attached hydrogens (tertiary/aromatic N) is 2. The average molecular weight is 357 g/mol. The molecule has 3 aromatic rings. The van der Waals surface area contributed by atoms with Gasteiger partial charge in [-0.25, -0.2) is 4.98 Å². The molecule has 0 unspecified atom stereocenters. The second kappa shape index (κ2) is 5.76. The number of rotatable bonds is 1. The van der Waals surface area contributed by atoms with E-state index in [0.717, 1.165) is 17.6 Å². The van der Waals surface area contributed by atoms with Crippen molar-refractivity contribution < 1.29 is 0 Å². The Morgan fingerprint density at radius 2 is 2.04 bits per heavy atom. The first-order chi connectivity index (χ1) is 11.5. The molecule has 120 valence electrons. The van der Waals surface area contributed by atoms with E-state index in [-0.39, 0.29) is 5.56 Å². The minimum Gasteiger partial charge on any atom is -0.292 e. The van der Waals surface area contributed by atoms with Gasteiger partial charge < -0.3 is 0 Å². The molecule has 0 saturated heterocycles. The van der Waals surface area contributed by atoms with Crippen LogP contribution in [0.1, 0.15) is 23.4 Å². The number of aryl methyl sites for hydroxylation is 1. The molecule has 5 heteroatoms. The van der Waals surface area contributed by atoms with E-state index in [9.17, 15) is 4.79 Å². The zero-order valence-electron chi connectivity index (χ0n) is 13.0. The van der Waals surface area contributed by atoms with Gasteiger partial charge in [0.15, 0.2) is 0 Å². The highest BCUT2D eigenvalue weighted by Crippen LogP contribution is 2.30. The molecule has 0 N–H and O–H groups in total. The number of fused-ring (bicyclic) bond motifs is 2. The molecule has 2 heterocycles. The van der Waals surface area contributed by atoms with Crippen LogP contribution in [-0.2, 0) is 6.54 Å². The second-order valence-corrected chi connectivity index (χ2v) is 6.85. The standard InChI is InChI=1S/C19H14Cl2N2O/c1-11-3-2-4-12(7-11)8-13-5-6-23-18(13)22-17-15(19(23)24)9-14(20)10-16(17)21/h2-4,7-10H,5-6H2,1H3/b13-8-. The Morgan fingerprint density at radius 1 is 1.21 bits per heavy atom. The number of allylic oxidation sites excluding steroid dienone is 1. The van der Waals surface area contributed by atoms with Crippen LogP contribution >= 0.6 is 23.2 Å². The van der Waals surface area contributed by atoms with Gasteiger partial charge in [-0.2, -0.15) is 0 Å². The van der Waals surface area contributed by atoms with E-state index in [2.05, 4.69) is 36.2 Å². The smallest absolute Gasteiger partial charge is 0.261 e. The molecule has 1 aliphatic heterocycles. The van der Waals surface area contributed by atoms with Gasteiger partial charge in [-0.3, -0.25) is 9.36 Å². The average Bonchev–Trinajstić information content (AvgIpc) is 2.92. The molecule has 0 bridgehead atoms. The molecule has 0 fully saturated rings. The Labute approximate surface area is 149 Å². The molecule has 1 aromatic heterocycles. The maximum absolute atomic E-state index is 12.8. The quantitative estimate of drug-likeness (QED) is 0.617. The molecule has 24 heavy (non-hydrogen) atoms. The van der Waals surface area contributed by atoms with E-state index in [1.165, 1.54) is 5.56 Å². The third kappa shape index (κ3) is 2.54. The number of aromatic nitrogens is 2. The highest BCUT2D eigenvalue weighted by Gasteiger charge is 2.22. The summed E-state index contributed by atoms with van der Waals surface area (Å²) in [5.41, 5.74) is 3.77. The molecule has 0 spiro atoms. The summed E-state index contributed by atoms with van der Waals surface area (Å²) in [4.78, 5) is 17.4. The lowest BCUT2D eigenvalue weighted by atomic mass is 10.1. The van der Waals surface area contributed by atoms with Crippen molar-refractivity contribution in [2.75, 3.05) is 0 Å². The molecular formula is C19H14Cl2N2O. The number of benzene rings is 2. The van der Waals surface area contributed by atoms with E-state index in [1.54, 1.807) is 16.7 Å². The maximum atomic E-state index is 12.8. The zero-order chi connectivity index (χ0) is 16.8. The summed E-state index contributed by atoms with van der Waals surface area (Å²) in [6, 6.07) is 11.5. The Bertz CT molecular complexity index is 1070. The summed E-state index contributed by atoms with van der Waals surface area (Å²) in [7, 11) is 0. The van der Waals surface area contributed by atoms with E-state index in [0.29, 0.717) is 33.3 Å². The van der Waals surface area contributed by atoms with Crippen molar-refractivity contribution in [2.45, 2.75) is 19.9 Å². The lowest BCUT2D eigenvalue weighted by Crippen LogP contribution is -2.20. The van der Waals surface area contributed by atoms with Gasteiger partial charge in [-0.1, -0.05) is 53.0 Å². The van der Waals surface area contributed by atoms with Crippen molar-refractivity contribution in [3.8, 4) is 0 Å². The number of hydrogen-bond donors (Lipinski definition) is 0. The molecule has 0 aliphatic carbocycles. The third-order valence-corrected chi connectivity index (χ3v) is 4.76. The maximum Gasteiger partial charge on any atom is 0.261 e. The van der Waals surface area contributed by atoms with Crippen LogP contribution in [-0.4, -0.2) is 9.55 Å². The fourth-order valence-corrected chi connectivity index (χ4v) is 3.68. The van der Waals surface area contributed by atoms with Crippen LogP contribution < -0.4 is 5.56 Å². The molecule has 4 rings (SSSR count). The molecule has 2 aromatic carbocycles. The van der Waals surface area contributed by atoms with E-state index >= 15 is 0 Å². The highest BCUT2D eigenvalue weighted by atomic mass is 35.5. The summed E-state index contributed by atoms with van der Waals surface area (Å²) < 4.78 is 1.70. The van der Waals surface area contributed by atoms with Gasteiger partial charge >= 0.3 is 0 Å². The van der Waals surface area contributed by atoms with Crippen molar-refractivity contribution in [3.63, 3.8) is 0 Å². The van der Waals surface area contributed by atoms with Gasteiger partial charge in [0.2, 0.25) is 0 Å². The van der Waals surface area contributed by atoms with Gasteiger partial charge in [0, 0.05) is 11.6 Å². The van der Waals surface area contributed by atoms with E-state index in [4.69, 9.17) is 23.2 Å². The van der Waals surface area contributed by atoms with Crippen LogP contribution in [0.25, 0.3) is 22.6 Å². The van der Waals surface area contributed by atoms with Crippen LogP contribution in [0.5, 0.6) is 0 Å². The Kier molecular flexibility index (Phi) is 3.70. The lowest BCUT2D eigenvalue weighted by Gasteiger charge is -2.07. The monoisotopic (exact) mass is 356 g/mol. The number of halogens is 2. The summed E-state index contributed by atoms with van der Waals surface area (Å²) in [6.45, 7) is 2.68. The van der Waals surface area contributed by atoms with Gasteiger partial charge in [0.1, 0.15) is 5.82 Å². The van der Waals surface area contributed by atoms with Crippen LogP contribution in [0.15, 0.2) is 41.2 Å². The van der Waals surface area contributed by atoms with Crippen LogP contribution in [0.3, 0.4) is 0 Å². The fourth-order valence-electron chi connectivity index (χ4n) is 3.14. The molecule has 3 nitrogen and oxygen atoms in total. The topological polar surface area (TPSA) is 34.9 Å². The number of hydrogen-bond acceptors (Lipinski definition) is 2. The second-order valence-electron chi connectivity index (χ2n) is 6.01. The normalized spacial score (nSPS) is 15.2. The predicted octanol–water partition coefficient (Wildman–Crippen LogP) is 4.96. The lowest BCUT2D eigenvalue weighted by molar-refractivity contribution is 0.725. The van der Waals surface area contributed by atoms with Gasteiger partial charge in [0.25, 0.3) is 5.56 Å². The molecule has 1 aliphatic rings. The van der Waals surface area contributed by atoms with Gasteiger partial charge in [0.05, 0.1) is 15.9 Å². The van der Waals surface area contributed by atoms with Crippen molar-refractivity contribution in [1.82, 2.24) is 9.55 Å². The first-order valence-corrected chi connectivity index (χ1v) is 8.46. The zero-order valence-corrected chi connectivity index (χ0v) is 14.5. The van der Waals surface area contributed by atoms with Crippen molar-refractivity contribution >= 4 is 45.8 Å². The molecule has 0 saturated carbocycles. The van der Waals surface area contributed by atoms with Crippen LogP contribution in [0, 0.1) is 6.92 Å². The SMILES string of the molecule is Cc1cccc(/C=C2/CCn3c2nc2c(Cl)cc(Cl)cc2c3=O)c1. The van der Waals surface area contributed by atoms with E-state index in [1.807, 2.05) is 6.07 Å². The minimum absolute atomic E-state index is 0.0907.